The summed E-state index contributed by atoms with van der Waals surface area (Å²) in [6.07, 6.45) is 3.90. The van der Waals surface area contributed by atoms with Crippen LogP contribution in [0.3, 0.4) is 0 Å². The minimum atomic E-state index is -0.0674. The van der Waals surface area contributed by atoms with Crippen LogP contribution in [-0.2, 0) is 24.8 Å². The SMILES string of the molecule is CC(C)C(N)c1nc(CC(=O)NCc2cnn(C)c2)cs1. The van der Waals surface area contributed by atoms with Crippen molar-refractivity contribution in [2.45, 2.75) is 32.9 Å². The van der Waals surface area contributed by atoms with Gasteiger partial charge in [0.1, 0.15) is 5.01 Å². The predicted molar refractivity (Wildman–Crippen MR) is 82.6 cm³/mol. The number of hydrogen-bond acceptors (Lipinski definition) is 5. The number of aryl methyl sites for hydroxylation is 1. The molecule has 114 valence electrons. The molecule has 0 fully saturated rings. The average molecular weight is 307 g/mol. The van der Waals surface area contributed by atoms with Crippen LogP contribution >= 0.6 is 11.3 Å². The molecule has 0 radical (unpaired) electrons. The van der Waals surface area contributed by atoms with E-state index >= 15 is 0 Å². The maximum Gasteiger partial charge on any atom is 0.226 e. The summed E-state index contributed by atoms with van der Waals surface area (Å²) in [4.78, 5) is 16.3. The Morgan fingerprint density at radius 1 is 1.52 bits per heavy atom. The first-order valence-electron chi connectivity index (χ1n) is 6.90. The lowest BCUT2D eigenvalue weighted by atomic mass is 10.1. The molecule has 7 heteroatoms. The molecule has 0 aliphatic rings. The van der Waals surface area contributed by atoms with Crippen molar-refractivity contribution in [1.82, 2.24) is 20.1 Å². The normalized spacial score (nSPS) is 12.6. The third-order valence-electron chi connectivity index (χ3n) is 3.16. The molecule has 2 aromatic rings. The standard InChI is InChI=1S/C14H21N5OS/c1-9(2)13(15)14-18-11(8-21-14)4-12(20)16-5-10-6-17-19(3)7-10/h6-9,13H,4-5,15H2,1-3H3,(H,16,20). The Morgan fingerprint density at radius 2 is 2.29 bits per heavy atom. The number of carbonyl (C=O) groups excluding carboxylic acids is 1. The predicted octanol–water partition coefficient (Wildman–Crippen LogP) is 1.39. The Kier molecular flexibility index (Phi) is 5.08. The van der Waals surface area contributed by atoms with Crippen molar-refractivity contribution in [2.24, 2.45) is 18.7 Å². The zero-order valence-corrected chi connectivity index (χ0v) is 13.4. The Bertz CT molecular complexity index is 604. The molecule has 1 amide bonds. The molecular weight excluding hydrogens is 286 g/mol. The Hall–Kier alpha value is -1.73. The summed E-state index contributed by atoms with van der Waals surface area (Å²) in [6.45, 7) is 4.61. The van der Waals surface area contributed by atoms with Gasteiger partial charge < -0.3 is 11.1 Å². The highest BCUT2D eigenvalue weighted by atomic mass is 32.1. The van der Waals surface area contributed by atoms with E-state index in [0.717, 1.165) is 16.3 Å². The van der Waals surface area contributed by atoms with E-state index in [1.54, 1.807) is 10.9 Å². The van der Waals surface area contributed by atoms with Crippen molar-refractivity contribution in [3.05, 3.63) is 34.0 Å². The van der Waals surface area contributed by atoms with Gasteiger partial charge in [0.15, 0.2) is 0 Å². The molecule has 2 heterocycles. The number of aromatic nitrogens is 3. The molecule has 3 N–H and O–H groups in total. The third kappa shape index (κ3) is 4.37. The molecule has 0 saturated heterocycles. The topological polar surface area (TPSA) is 85.8 Å². The number of hydrogen-bond donors (Lipinski definition) is 2. The second-order valence-corrected chi connectivity index (χ2v) is 6.31. The van der Waals surface area contributed by atoms with E-state index in [1.807, 2.05) is 18.6 Å². The van der Waals surface area contributed by atoms with Crippen LogP contribution in [0.1, 0.15) is 36.2 Å². The average Bonchev–Trinajstić information content (AvgIpc) is 3.04. The summed E-state index contributed by atoms with van der Waals surface area (Å²) in [5.41, 5.74) is 7.81. The molecule has 0 aliphatic heterocycles. The van der Waals surface area contributed by atoms with Gasteiger partial charge in [-0.25, -0.2) is 4.98 Å². The van der Waals surface area contributed by atoms with Crippen LogP contribution in [-0.4, -0.2) is 20.7 Å². The fourth-order valence-electron chi connectivity index (χ4n) is 1.83. The molecule has 0 saturated carbocycles. The first-order chi connectivity index (χ1) is 9.95. The number of carbonyl (C=O) groups is 1. The maximum absolute atomic E-state index is 11.9. The molecule has 2 rings (SSSR count). The molecule has 0 spiro atoms. The summed E-state index contributed by atoms with van der Waals surface area (Å²) in [5, 5.41) is 9.71. The highest BCUT2D eigenvalue weighted by molar-refractivity contribution is 7.09. The molecule has 0 aromatic carbocycles. The van der Waals surface area contributed by atoms with Crippen molar-refractivity contribution < 1.29 is 4.79 Å². The molecular formula is C14H21N5OS. The van der Waals surface area contributed by atoms with Gasteiger partial charge in [0.05, 0.1) is 24.4 Å². The molecule has 21 heavy (non-hydrogen) atoms. The van der Waals surface area contributed by atoms with Gasteiger partial charge in [-0.2, -0.15) is 5.10 Å². The second kappa shape index (κ2) is 6.82. The fraction of sp³-hybridized carbons (Fsp3) is 0.500. The third-order valence-corrected chi connectivity index (χ3v) is 4.16. The van der Waals surface area contributed by atoms with E-state index in [4.69, 9.17) is 5.73 Å². The first kappa shape index (κ1) is 15.7. The quantitative estimate of drug-likeness (QED) is 0.844. The highest BCUT2D eigenvalue weighted by Gasteiger charge is 2.15. The van der Waals surface area contributed by atoms with E-state index < -0.39 is 0 Å². The van der Waals surface area contributed by atoms with Gasteiger partial charge in [-0.05, 0) is 5.92 Å². The van der Waals surface area contributed by atoms with E-state index in [9.17, 15) is 4.79 Å². The summed E-state index contributed by atoms with van der Waals surface area (Å²) in [5.74, 6) is 0.289. The summed E-state index contributed by atoms with van der Waals surface area (Å²) >= 11 is 1.52. The molecule has 6 nitrogen and oxygen atoms in total. The van der Waals surface area contributed by atoms with Crippen molar-refractivity contribution in [2.75, 3.05) is 0 Å². The lowest BCUT2D eigenvalue weighted by molar-refractivity contribution is -0.120. The largest absolute Gasteiger partial charge is 0.352 e. The number of amides is 1. The lowest BCUT2D eigenvalue weighted by Crippen LogP contribution is -2.24. The van der Waals surface area contributed by atoms with Crippen molar-refractivity contribution >= 4 is 17.2 Å². The van der Waals surface area contributed by atoms with Gasteiger partial charge in [-0.15, -0.1) is 11.3 Å². The Balaban J connectivity index is 1.85. The van der Waals surface area contributed by atoms with Crippen LogP contribution < -0.4 is 11.1 Å². The number of rotatable bonds is 6. The van der Waals surface area contributed by atoms with Gasteiger partial charge in [-0.3, -0.25) is 9.48 Å². The Labute approximate surface area is 128 Å². The smallest absolute Gasteiger partial charge is 0.226 e. The number of nitrogens with one attached hydrogen (secondary N) is 1. The summed E-state index contributed by atoms with van der Waals surface area (Å²) in [7, 11) is 1.85. The van der Waals surface area contributed by atoms with E-state index in [2.05, 4.69) is 29.2 Å². The monoisotopic (exact) mass is 307 g/mol. The van der Waals surface area contributed by atoms with Gasteiger partial charge in [0.25, 0.3) is 0 Å². The molecule has 1 unspecified atom stereocenters. The fourth-order valence-corrected chi connectivity index (χ4v) is 2.82. The van der Waals surface area contributed by atoms with Gasteiger partial charge in [-0.1, -0.05) is 13.8 Å². The molecule has 0 bridgehead atoms. The Morgan fingerprint density at radius 3 is 2.90 bits per heavy atom. The first-order valence-corrected chi connectivity index (χ1v) is 7.77. The maximum atomic E-state index is 11.9. The van der Waals surface area contributed by atoms with Crippen LogP contribution in [0.5, 0.6) is 0 Å². The molecule has 1 atom stereocenters. The van der Waals surface area contributed by atoms with Crippen molar-refractivity contribution in [3.8, 4) is 0 Å². The number of nitrogens with zero attached hydrogens (tertiary/aromatic N) is 3. The summed E-state index contributed by atoms with van der Waals surface area (Å²) in [6, 6.07) is -0.0674. The minimum absolute atomic E-state index is 0.0474. The molecule has 2 aromatic heterocycles. The van der Waals surface area contributed by atoms with Crippen molar-refractivity contribution in [3.63, 3.8) is 0 Å². The van der Waals surface area contributed by atoms with Crippen LogP contribution in [0, 0.1) is 5.92 Å². The van der Waals surface area contributed by atoms with Gasteiger partial charge in [0.2, 0.25) is 5.91 Å². The number of thiazole rings is 1. The van der Waals surface area contributed by atoms with Crippen LogP contribution in [0.25, 0.3) is 0 Å². The van der Waals surface area contributed by atoms with Gasteiger partial charge in [0, 0.05) is 30.7 Å². The van der Waals surface area contributed by atoms with E-state index in [0.29, 0.717) is 12.5 Å². The second-order valence-electron chi connectivity index (χ2n) is 5.42. The zero-order valence-electron chi connectivity index (χ0n) is 12.5. The van der Waals surface area contributed by atoms with Crippen molar-refractivity contribution in [1.29, 1.82) is 0 Å². The van der Waals surface area contributed by atoms with Crippen LogP contribution in [0.2, 0.25) is 0 Å². The zero-order chi connectivity index (χ0) is 15.4. The molecule has 0 aliphatic carbocycles. The lowest BCUT2D eigenvalue weighted by Gasteiger charge is -2.11. The van der Waals surface area contributed by atoms with E-state index in [1.165, 1.54) is 11.3 Å². The van der Waals surface area contributed by atoms with Crippen LogP contribution in [0.4, 0.5) is 0 Å². The van der Waals surface area contributed by atoms with E-state index in [-0.39, 0.29) is 18.4 Å². The number of nitrogens with two attached hydrogens (primary N) is 1. The van der Waals surface area contributed by atoms with Gasteiger partial charge >= 0.3 is 0 Å². The van der Waals surface area contributed by atoms with Crippen LogP contribution in [0.15, 0.2) is 17.8 Å². The summed E-state index contributed by atoms with van der Waals surface area (Å²) < 4.78 is 1.71. The minimum Gasteiger partial charge on any atom is -0.352 e. The highest BCUT2D eigenvalue weighted by Crippen LogP contribution is 2.22.